The lowest BCUT2D eigenvalue weighted by molar-refractivity contribution is 0.185. The van der Waals surface area contributed by atoms with Crippen molar-refractivity contribution in [3.63, 3.8) is 0 Å². The molecule has 0 aliphatic heterocycles. The standard InChI is InChI=1S/C24H33N5O2.HI/c1-4-25-24(26-13-8-14-29-17-28-21-11-5-6-12-22(21)29)27-16-23(30)19-9-7-10-20(15-19)31-18(2)3;/h5-7,9-12,15,17-18,23,30H,4,8,13-14,16H2,1-3H3,(H2,25,26,27);1H. The van der Waals surface area contributed by atoms with E-state index in [1.54, 1.807) is 0 Å². The van der Waals surface area contributed by atoms with Gasteiger partial charge in [0.1, 0.15) is 5.75 Å². The van der Waals surface area contributed by atoms with E-state index in [1.807, 2.05) is 69.6 Å². The molecule has 7 nitrogen and oxygen atoms in total. The van der Waals surface area contributed by atoms with Crippen molar-refractivity contribution in [2.45, 2.75) is 45.9 Å². The van der Waals surface area contributed by atoms with E-state index in [0.29, 0.717) is 5.96 Å². The van der Waals surface area contributed by atoms with Crippen LogP contribution >= 0.6 is 24.0 Å². The molecule has 3 aromatic rings. The maximum Gasteiger partial charge on any atom is 0.191 e. The highest BCUT2D eigenvalue weighted by atomic mass is 127. The van der Waals surface area contributed by atoms with Crippen LogP contribution in [0.15, 0.2) is 59.9 Å². The van der Waals surface area contributed by atoms with E-state index in [0.717, 1.165) is 48.4 Å². The molecule has 0 amide bonds. The minimum atomic E-state index is -0.691. The number of aryl methyl sites for hydroxylation is 1. The average Bonchev–Trinajstić information content (AvgIpc) is 3.17. The first-order valence-electron chi connectivity index (χ1n) is 10.9. The summed E-state index contributed by atoms with van der Waals surface area (Å²) in [7, 11) is 0. The number of hydrogen-bond acceptors (Lipinski definition) is 4. The van der Waals surface area contributed by atoms with E-state index in [4.69, 9.17) is 4.74 Å². The van der Waals surface area contributed by atoms with Crippen LogP contribution in [-0.4, -0.2) is 46.4 Å². The smallest absolute Gasteiger partial charge is 0.191 e. The van der Waals surface area contributed by atoms with Gasteiger partial charge in [-0.1, -0.05) is 24.3 Å². The number of aliphatic imine (C=N–C) groups is 1. The number of nitrogens with one attached hydrogen (secondary N) is 2. The highest BCUT2D eigenvalue weighted by Crippen LogP contribution is 2.20. The third-order valence-electron chi connectivity index (χ3n) is 4.78. The Morgan fingerprint density at radius 3 is 2.75 bits per heavy atom. The van der Waals surface area contributed by atoms with Crippen molar-refractivity contribution in [3.8, 4) is 5.75 Å². The first-order chi connectivity index (χ1) is 15.1. The Morgan fingerprint density at radius 2 is 1.97 bits per heavy atom. The maximum absolute atomic E-state index is 10.6. The number of fused-ring (bicyclic) bond motifs is 1. The summed E-state index contributed by atoms with van der Waals surface area (Å²) in [4.78, 5) is 8.98. The Balaban J connectivity index is 0.00000363. The predicted molar refractivity (Wildman–Crippen MR) is 141 cm³/mol. The van der Waals surface area contributed by atoms with Gasteiger partial charge in [-0.2, -0.15) is 0 Å². The molecule has 0 aliphatic carbocycles. The minimum absolute atomic E-state index is 0. The first kappa shape index (κ1) is 25.9. The van der Waals surface area contributed by atoms with Gasteiger partial charge in [0, 0.05) is 19.6 Å². The molecule has 8 heteroatoms. The van der Waals surface area contributed by atoms with Crippen LogP contribution in [0.4, 0.5) is 0 Å². The molecule has 0 spiro atoms. The second-order valence-electron chi connectivity index (χ2n) is 7.68. The number of ether oxygens (including phenoxy) is 1. The number of aromatic nitrogens is 2. The lowest BCUT2D eigenvalue weighted by atomic mass is 10.1. The Morgan fingerprint density at radius 1 is 1.16 bits per heavy atom. The summed E-state index contributed by atoms with van der Waals surface area (Å²) in [6.45, 7) is 8.66. The summed E-state index contributed by atoms with van der Waals surface area (Å²) in [5, 5.41) is 17.1. The summed E-state index contributed by atoms with van der Waals surface area (Å²) in [5.74, 6) is 1.46. The quantitative estimate of drug-likeness (QED) is 0.153. The molecule has 3 rings (SSSR count). The van der Waals surface area contributed by atoms with E-state index >= 15 is 0 Å². The van der Waals surface area contributed by atoms with Crippen molar-refractivity contribution in [1.29, 1.82) is 0 Å². The monoisotopic (exact) mass is 551 g/mol. The summed E-state index contributed by atoms with van der Waals surface area (Å²) in [6.07, 6.45) is 2.22. The molecule has 1 heterocycles. The molecule has 0 saturated heterocycles. The van der Waals surface area contributed by atoms with Gasteiger partial charge in [0.2, 0.25) is 0 Å². The minimum Gasteiger partial charge on any atom is -0.491 e. The van der Waals surface area contributed by atoms with Gasteiger partial charge >= 0.3 is 0 Å². The van der Waals surface area contributed by atoms with Gasteiger partial charge in [0.05, 0.1) is 36.1 Å². The Hall–Kier alpha value is -2.33. The van der Waals surface area contributed by atoms with Gasteiger partial charge in [0.15, 0.2) is 5.96 Å². The normalized spacial score (nSPS) is 12.5. The highest BCUT2D eigenvalue weighted by molar-refractivity contribution is 14.0. The highest BCUT2D eigenvalue weighted by Gasteiger charge is 2.09. The van der Waals surface area contributed by atoms with Crippen molar-refractivity contribution in [1.82, 2.24) is 20.2 Å². The van der Waals surface area contributed by atoms with Gasteiger partial charge in [-0.15, -0.1) is 24.0 Å². The molecule has 32 heavy (non-hydrogen) atoms. The third kappa shape index (κ3) is 7.67. The summed E-state index contributed by atoms with van der Waals surface area (Å²) in [5.41, 5.74) is 2.96. The predicted octanol–water partition coefficient (Wildman–Crippen LogP) is 4.12. The zero-order valence-electron chi connectivity index (χ0n) is 19.0. The topological polar surface area (TPSA) is 83.7 Å². The van der Waals surface area contributed by atoms with E-state index < -0.39 is 6.10 Å². The zero-order chi connectivity index (χ0) is 22.1. The van der Waals surface area contributed by atoms with Crippen LogP contribution in [0.25, 0.3) is 11.0 Å². The second kappa shape index (κ2) is 13.3. The van der Waals surface area contributed by atoms with Gasteiger partial charge in [-0.3, -0.25) is 4.99 Å². The Labute approximate surface area is 207 Å². The third-order valence-corrected chi connectivity index (χ3v) is 4.78. The van der Waals surface area contributed by atoms with Gasteiger partial charge in [-0.05, 0) is 57.0 Å². The number of rotatable bonds is 10. The molecule has 3 N–H and O–H groups in total. The van der Waals surface area contributed by atoms with Gasteiger partial charge < -0.3 is 25.0 Å². The average molecular weight is 551 g/mol. The summed E-state index contributed by atoms with van der Waals surface area (Å²) in [6, 6.07) is 15.7. The molecule has 1 aromatic heterocycles. The number of halogens is 1. The largest absolute Gasteiger partial charge is 0.491 e. The maximum atomic E-state index is 10.6. The van der Waals surface area contributed by atoms with Crippen molar-refractivity contribution < 1.29 is 9.84 Å². The fourth-order valence-corrected chi connectivity index (χ4v) is 3.34. The SMILES string of the molecule is CCNC(=NCC(O)c1cccc(OC(C)C)c1)NCCCn1cnc2ccccc21.I. The molecule has 0 bridgehead atoms. The molecule has 174 valence electrons. The number of hydrogen-bond donors (Lipinski definition) is 3. The number of guanidine groups is 1. The van der Waals surface area contributed by atoms with E-state index in [1.165, 1.54) is 0 Å². The molecule has 0 saturated carbocycles. The molecule has 1 unspecified atom stereocenters. The van der Waals surface area contributed by atoms with Gasteiger partial charge in [-0.25, -0.2) is 4.98 Å². The zero-order valence-corrected chi connectivity index (χ0v) is 21.3. The van der Waals surface area contributed by atoms with E-state index in [-0.39, 0.29) is 36.6 Å². The molecule has 1 atom stereocenters. The lowest BCUT2D eigenvalue weighted by Gasteiger charge is -2.15. The van der Waals surface area contributed by atoms with Crippen molar-refractivity contribution in [2.75, 3.05) is 19.6 Å². The first-order valence-corrected chi connectivity index (χ1v) is 10.9. The van der Waals surface area contributed by atoms with Crippen molar-refractivity contribution in [2.24, 2.45) is 4.99 Å². The van der Waals surface area contributed by atoms with Crippen LogP contribution in [-0.2, 0) is 6.54 Å². The molecular weight excluding hydrogens is 517 g/mol. The Bertz CT molecular complexity index is 989. The van der Waals surface area contributed by atoms with Crippen LogP contribution < -0.4 is 15.4 Å². The number of aliphatic hydroxyl groups is 1. The molecule has 2 aromatic carbocycles. The molecule has 0 radical (unpaired) electrons. The second-order valence-corrected chi connectivity index (χ2v) is 7.68. The number of aliphatic hydroxyl groups excluding tert-OH is 1. The van der Waals surface area contributed by atoms with Crippen molar-refractivity contribution in [3.05, 3.63) is 60.4 Å². The van der Waals surface area contributed by atoms with Crippen molar-refractivity contribution >= 4 is 41.0 Å². The molecule has 0 fully saturated rings. The molecular formula is C24H34IN5O2. The fraction of sp³-hybridized carbons (Fsp3) is 0.417. The Kier molecular flexibility index (Phi) is 10.8. The van der Waals surface area contributed by atoms with Crippen LogP contribution in [0.3, 0.4) is 0 Å². The van der Waals surface area contributed by atoms with Crippen LogP contribution in [0.5, 0.6) is 5.75 Å². The number of nitrogens with zero attached hydrogens (tertiary/aromatic N) is 3. The number of para-hydroxylation sites is 2. The fourth-order valence-electron chi connectivity index (χ4n) is 3.34. The van der Waals surface area contributed by atoms with Crippen LogP contribution in [0.2, 0.25) is 0 Å². The lowest BCUT2D eigenvalue weighted by Crippen LogP contribution is -2.38. The number of imidazole rings is 1. The van der Waals surface area contributed by atoms with E-state index in [2.05, 4.69) is 31.2 Å². The summed E-state index contributed by atoms with van der Waals surface area (Å²) >= 11 is 0. The van der Waals surface area contributed by atoms with Crippen LogP contribution in [0.1, 0.15) is 38.9 Å². The summed E-state index contributed by atoms with van der Waals surface area (Å²) < 4.78 is 7.88. The number of benzene rings is 2. The van der Waals surface area contributed by atoms with Crippen LogP contribution in [0, 0.1) is 0 Å². The molecule has 0 aliphatic rings. The van der Waals surface area contributed by atoms with Gasteiger partial charge in [0.25, 0.3) is 0 Å². The van der Waals surface area contributed by atoms with E-state index in [9.17, 15) is 5.11 Å².